The van der Waals surface area contributed by atoms with Crippen molar-refractivity contribution in [2.45, 2.75) is 72.0 Å². The number of nitrogens with zero attached hydrogens (tertiary/aromatic N) is 1. The van der Waals surface area contributed by atoms with Gasteiger partial charge in [0.1, 0.15) is 4.83 Å². The van der Waals surface area contributed by atoms with E-state index in [4.69, 9.17) is 9.72 Å². The second-order valence-corrected chi connectivity index (χ2v) is 10.4. The van der Waals surface area contributed by atoms with Crippen molar-refractivity contribution in [3.8, 4) is 11.1 Å². The maximum absolute atomic E-state index is 12.3. The molecule has 1 atom stereocenters. The van der Waals surface area contributed by atoms with E-state index in [0.717, 1.165) is 39.1 Å². The molecule has 2 heterocycles. The van der Waals surface area contributed by atoms with Crippen LogP contribution in [-0.2, 0) is 22.4 Å². The fraction of sp³-hybridized carbons (Fsp3) is 0.440. The SMILES string of the molecule is Cc1cc2c(-c3ccc4c(c3)CCCC4)c([C@H](OC(C)(C)C)C(=O)O)c(C)nc2s1. The van der Waals surface area contributed by atoms with Crippen LogP contribution in [-0.4, -0.2) is 21.7 Å². The molecule has 1 aliphatic rings. The fourth-order valence-electron chi connectivity index (χ4n) is 4.41. The van der Waals surface area contributed by atoms with Crippen molar-refractivity contribution in [3.63, 3.8) is 0 Å². The first-order valence-electron chi connectivity index (χ1n) is 10.6. The molecule has 1 aliphatic carbocycles. The minimum absolute atomic E-state index is 0.595. The normalized spacial score (nSPS) is 15.2. The number of aromatic nitrogens is 1. The lowest BCUT2D eigenvalue weighted by molar-refractivity contribution is -0.160. The van der Waals surface area contributed by atoms with E-state index in [9.17, 15) is 9.90 Å². The molecule has 0 radical (unpaired) electrons. The maximum atomic E-state index is 12.3. The summed E-state index contributed by atoms with van der Waals surface area (Å²) in [6, 6.07) is 8.75. The minimum atomic E-state index is -1.08. The average Bonchev–Trinajstić information content (AvgIpc) is 3.03. The summed E-state index contributed by atoms with van der Waals surface area (Å²) in [6.07, 6.45) is 3.56. The molecule has 4 rings (SSSR count). The molecule has 0 bridgehead atoms. The van der Waals surface area contributed by atoms with Gasteiger partial charge in [-0.3, -0.25) is 0 Å². The van der Waals surface area contributed by atoms with Crippen molar-refractivity contribution in [1.82, 2.24) is 4.98 Å². The van der Waals surface area contributed by atoms with Crippen molar-refractivity contribution < 1.29 is 14.6 Å². The van der Waals surface area contributed by atoms with Gasteiger partial charge in [-0.1, -0.05) is 18.2 Å². The van der Waals surface area contributed by atoms with Crippen molar-refractivity contribution >= 4 is 27.5 Å². The van der Waals surface area contributed by atoms with Gasteiger partial charge in [-0.15, -0.1) is 11.3 Å². The summed E-state index contributed by atoms with van der Waals surface area (Å²) in [7, 11) is 0. The number of thiophene rings is 1. The third kappa shape index (κ3) is 4.01. The third-order valence-corrected chi connectivity index (χ3v) is 6.57. The van der Waals surface area contributed by atoms with E-state index in [1.165, 1.54) is 24.0 Å². The number of carboxylic acid groups (broad SMARTS) is 1. The fourth-order valence-corrected chi connectivity index (χ4v) is 5.35. The molecule has 0 aliphatic heterocycles. The maximum Gasteiger partial charge on any atom is 0.337 e. The lowest BCUT2D eigenvalue weighted by Crippen LogP contribution is -2.28. The number of benzene rings is 1. The molecule has 0 unspecified atom stereocenters. The smallest absolute Gasteiger partial charge is 0.337 e. The van der Waals surface area contributed by atoms with Gasteiger partial charge in [-0.2, -0.15) is 0 Å². The van der Waals surface area contributed by atoms with Gasteiger partial charge < -0.3 is 9.84 Å². The van der Waals surface area contributed by atoms with Crippen LogP contribution in [0.5, 0.6) is 0 Å². The largest absolute Gasteiger partial charge is 0.479 e. The number of rotatable bonds is 4. The van der Waals surface area contributed by atoms with Gasteiger partial charge in [0.15, 0.2) is 6.10 Å². The van der Waals surface area contributed by atoms with Gasteiger partial charge in [0.05, 0.1) is 5.60 Å². The molecule has 30 heavy (non-hydrogen) atoms. The summed E-state index contributed by atoms with van der Waals surface area (Å²) in [4.78, 5) is 19.2. The number of fused-ring (bicyclic) bond motifs is 2. The number of aryl methyl sites for hydroxylation is 4. The Morgan fingerprint density at radius 3 is 2.50 bits per heavy atom. The van der Waals surface area contributed by atoms with E-state index in [0.29, 0.717) is 11.3 Å². The first-order chi connectivity index (χ1) is 14.1. The Labute approximate surface area is 181 Å². The first-order valence-corrected chi connectivity index (χ1v) is 11.4. The summed E-state index contributed by atoms with van der Waals surface area (Å²) < 4.78 is 6.06. The van der Waals surface area contributed by atoms with Crippen molar-refractivity contribution in [2.75, 3.05) is 0 Å². The Kier molecular flexibility index (Phi) is 5.45. The van der Waals surface area contributed by atoms with E-state index in [-0.39, 0.29) is 0 Å². The Morgan fingerprint density at radius 1 is 1.13 bits per heavy atom. The Morgan fingerprint density at radius 2 is 1.83 bits per heavy atom. The number of ether oxygens (including phenoxy) is 1. The average molecular weight is 424 g/mol. The van der Waals surface area contributed by atoms with E-state index in [1.807, 2.05) is 27.7 Å². The van der Waals surface area contributed by atoms with Gasteiger partial charge in [0.2, 0.25) is 0 Å². The first kappa shape index (κ1) is 21.0. The molecular formula is C25H29NO3S. The number of carbonyl (C=O) groups is 1. The van der Waals surface area contributed by atoms with Crippen LogP contribution >= 0.6 is 11.3 Å². The monoisotopic (exact) mass is 423 g/mol. The summed E-state index contributed by atoms with van der Waals surface area (Å²) in [5.74, 6) is -0.986. The number of pyridine rings is 1. The van der Waals surface area contributed by atoms with Crippen LogP contribution in [0.2, 0.25) is 0 Å². The number of hydrogen-bond donors (Lipinski definition) is 1. The summed E-state index contributed by atoms with van der Waals surface area (Å²) >= 11 is 1.65. The van der Waals surface area contributed by atoms with Gasteiger partial charge in [0.25, 0.3) is 0 Å². The molecule has 158 valence electrons. The number of carboxylic acids is 1. The topological polar surface area (TPSA) is 59.4 Å². The van der Waals surface area contributed by atoms with Gasteiger partial charge in [-0.05, 0) is 83.1 Å². The van der Waals surface area contributed by atoms with Gasteiger partial charge in [0, 0.05) is 27.1 Å². The van der Waals surface area contributed by atoms with Crippen LogP contribution in [0.4, 0.5) is 0 Å². The molecule has 0 saturated heterocycles. The Hall–Kier alpha value is -2.24. The van der Waals surface area contributed by atoms with E-state index < -0.39 is 17.7 Å². The molecule has 5 heteroatoms. The van der Waals surface area contributed by atoms with Crippen LogP contribution in [0.15, 0.2) is 24.3 Å². The van der Waals surface area contributed by atoms with Crippen molar-refractivity contribution in [2.24, 2.45) is 0 Å². The van der Waals surface area contributed by atoms with E-state index in [2.05, 4.69) is 31.2 Å². The Balaban J connectivity index is 2.01. The zero-order chi connectivity index (χ0) is 21.6. The highest BCUT2D eigenvalue weighted by atomic mass is 32.1. The highest BCUT2D eigenvalue weighted by molar-refractivity contribution is 7.18. The zero-order valence-electron chi connectivity index (χ0n) is 18.3. The molecular weight excluding hydrogens is 394 g/mol. The molecule has 1 aromatic carbocycles. The molecule has 3 aromatic rings. The lowest BCUT2D eigenvalue weighted by atomic mass is 9.86. The van der Waals surface area contributed by atoms with Crippen LogP contribution in [0.3, 0.4) is 0 Å². The van der Waals surface area contributed by atoms with Crippen LogP contribution in [0, 0.1) is 13.8 Å². The standard InChI is InChI=1S/C25H29NO3S/c1-14-12-19-21(18-11-10-16-8-6-7-9-17(16)13-18)20(15(2)26-23(19)30-14)22(24(27)28)29-25(3,4)5/h10-13,22H,6-9H2,1-5H3,(H,27,28)/t22-/m0/s1. The van der Waals surface area contributed by atoms with Crippen LogP contribution in [0.1, 0.15) is 67.0 Å². The molecule has 0 saturated carbocycles. The molecule has 4 nitrogen and oxygen atoms in total. The predicted molar refractivity (Wildman–Crippen MR) is 122 cm³/mol. The zero-order valence-corrected chi connectivity index (χ0v) is 19.2. The predicted octanol–water partition coefficient (Wildman–Crippen LogP) is 6.40. The minimum Gasteiger partial charge on any atom is -0.479 e. The number of hydrogen-bond acceptors (Lipinski definition) is 4. The highest BCUT2D eigenvalue weighted by Crippen LogP contribution is 2.42. The Bertz CT molecular complexity index is 1120. The van der Waals surface area contributed by atoms with Gasteiger partial charge >= 0.3 is 5.97 Å². The summed E-state index contributed by atoms with van der Waals surface area (Å²) in [5, 5.41) is 11.1. The van der Waals surface area contributed by atoms with Crippen LogP contribution < -0.4 is 0 Å². The lowest BCUT2D eigenvalue weighted by Gasteiger charge is -2.28. The van der Waals surface area contributed by atoms with Gasteiger partial charge in [-0.25, -0.2) is 9.78 Å². The molecule has 0 fully saturated rings. The summed E-state index contributed by atoms with van der Waals surface area (Å²) in [6.45, 7) is 9.62. The molecule has 0 spiro atoms. The van der Waals surface area contributed by atoms with E-state index >= 15 is 0 Å². The second kappa shape index (κ2) is 7.78. The molecule has 2 aromatic heterocycles. The van der Waals surface area contributed by atoms with Crippen LogP contribution in [0.25, 0.3) is 21.3 Å². The van der Waals surface area contributed by atoms with Crippen molar-refractivity contribution in [3.05, 3.63) is 51.5 Å². The van der Waals surface area contributed by atoms with E-state index in [1.54, 1.807) is 11.3 Å². The highest BCUT2D eigenvalue weighted by Gasteiger charge is 2.32. The molecule has 1 N–H and O–H groups in total. The quantitative estimate of drug-likeness (QED) is 0.527. The van der Waals surface area contributed by atoms with Crippen molar-refractivity contribution in [1.29, 1.82) is 0 Å². The third-order valence-electron chi connectivity index (χ3n) is 5.63. The summed E-state index contributed by atoms with van der Waals surface area (Å²) in [5.41, 5.74) is 5.59. The molecule has 0 amide bonds. The second-order valence-electron chi connectivity index (χ2n) is 9.20. The number of aliphatic carboxylic acids is 1.